The molecule has 2 aromatic heterocycles. The lowest BCUT2D eigenvalue weighted by Crippen LogP contribution is -2.50. The average molecular weight is 434 g/mol. The Morgan fingerprint density at radius 2 is 2.00 bits per heavy atom. The van der Waals surface area contributed by atoms with Gasteiger partial charge in [0, 0.05) is 29.2 Å². The zero-order chi connectivity index (χ0) is 23.1. The van der Waals surface area contributed by atoms with Gasteiger partial charge in [-0.2, -0.15) is 5.26 Å². The van der Waals surface area contributed by atoms with E-state index < -0.39 is 23.9 Å². The molecule has 2 amide bonds. The molecule has 3 N–H and O–H groups in total. The standard InChI is InChI=1S/C24H27N5O3/c1-15(2)11-20(23(30)27-17(14-25)12-16-7-4-5-10-26-16)29-24(31)21-13-18-19(28-21)8-6-9-22(18)32-3/h4-10,13,15,17,20,28H,11-12H2,1-3H3,(H,27,30)(H,29,31)/t17-,20?/m0/s1. The fourth-order valence-electron chi connectivity index (χ4n) is 3.50. The van der Waals surface area contributed by atoms with Crippen LogP contribution < -0.4 is 15.4 Å². The monoisotopic (exact) mass is 433 g/mol. The van der Waals surface area contributed by atoms with Gasteiger partial charge >= 0.3 is 0 Å². The third kappa shape index (κ3) is 5.64. The largest absolute Gasteiger partial charge is 0.496 e. The third-order valence-electron chi connectivity index (χ3n) is 5.03. The van der Waals surface area contributed by atoms with E-state index in [1.54, 1.807) is 31.5 Å². The van der Waals surface area contributed by atoms with E-state index in [9.17, 15) is 14.9 Å². The van der Waals surface area contributed by atoms with Gasteiger partial charge in [-0.25, -0.2) is 0 Å². The summed E-state index contributed by atoms with van der Waals surface area (Å²) in [5, 5.41) is 15.8. The fourth-order valence-corrected chi connectivity index (χ4v) is 3.50. The molecular formula is C24H27N5O3. The minimum Gasteiger partial charge on any atom is -0.496 e. The first kappa shape index (κ1) is 22.8. The molecule has 3 rings (SSSR count). The van der Waals surface area contributed by atoms with Gasteiger partial charge in [0.25, 0.3) is 5.91 Å². The molecule has 1 unspecified atom stereocenters. The van der Waals surface area contributed by atoms with Gasteiger partial charge < -0.3 is 20.4 Å². The van der Waals surface area contributed by atoms with Gasteiger partial charge in [-0.15, -0.1) is 0 Å². The maximum Gasteiger partial charge on any atom is 0.268 e. The average Bonchev–Trinajstić information content (AvgIpc) is 3.23. The van der Waals surface area contributed by atoms with Crippen LogP contribution in [0.2, 0.25) is 0 Å². The molecule has 0 bridgehead atoms. The van der Waals surface area contributed by atoms with Crippen molar-refractivity contribution in [3.63, 3.8) is 0 Å². The molecule has 1 aromatic carbocycles. The predicted molar refractivity (Wildman–Crippen MR) is 121 cm³/mol. The van der Waals surface area contributed by atoms with E-state index in [0.29, 0.717) is 23.6 Å². The number of pyridine rings is 1. The van der Waals surface area contributed by atoms with E-state index in [4.69, 9.17) is 4.74 Å². The van der Waals surface area contributed by atoms with Gasteiger partial charge in [0.05, 0.1) is 13.2 Å². The first-order valence-electron chi connectivity index (χ1n) is 10.5. The molecule has 0 saturated carbocycles. The zero-order valence-corrected chi connectivity index (χ0v) is 18.4. The summed E-state index contributed by atoms with van der Waals surface area (Å²) >= 11 is 0. The number of nitriles is 1. The number of hydrogen-bond acceptors (Lipinski definition) is 5. The lowest BCUT2D eigenvalue weighted by atomic mass is 10.0. The molecule has 0 fully saturated rings. The summed E-state index contributed by atoms with van der Waals surface area (Å²) in [7, 11) is 1.57. The fraction of sp³-hybridized carbons (Fsp3) is 0.333. The Hall–Kier alpha value is -3.86. The molecule has 8 nitrogen and oxygen atoms in total. The Kier molecular flexibility index (Phi) is 7.45. The van der Waals surface area contributed by atoms with Crippen LogP contribution in [0.1, 0.15) is 36.5 Å². The number of hydrogen-bond donors (Lipinski definition) is 3. The first-order chi connectivity index (χ1) is 15.4. The van der Waals surface area contributed by atoms with E-state index in [1.165, 1.54) is 0 Å². The van der Waals surface area contributed by atoms with Crippen molar-refractivity contribution < 1.29 is 14.3 Å². The molecule has 2 atom stereocenters. The number of rotatable bonds is 9. The number of H-pyrrole nitrogens is 1. The van der Waals surface area contributed by atoms with Crippen LogP contribution in [-0.2, 0) is 11.2 Å². The lowest BCUT2D eigenvalue weighted by Gasteiger charge is -2.21. The van der Waals surface area contributed by atoms with E-state index in [-0.39, 0.29) is 12.3 Å². The van der Waals surface area contributed by atoms with E-state index in [2.05, 4.69) is 26.7 Å². The molecular weight excluding hydrogens is 406 g/mol. The number of ether oxygens (including phenoxy) is 1. The highest BCUT2D eigenvalue weighted by molar-refractivity contribution is 6.01. The first-order valence-corrected chi connectivity index (χ1v) is 10.5. The van der Waals surface area contributed by atoms with Crippen molar-refractivity contribution in [1.29, 1.82) is 5.26 Å². The molecule has 0 radical (unpaired) electrons. The zero-order valence-electron chi connectivity index (χ0n) is 18.4. The maximum atomic E-state index is 13.0. The highest BCUT2D eigenvalue weighted by Crippen LogP contribution is 2.26. The van der Waals surface area contributed by atoms with Crippen molar-refractivity contribution in [3.8, 4) is 11.8 Å². The highest BCUT2D eigenvalue weighted by Gasteiger charge is 2.25. The minimum absolute atomic E-state index is 0.158. The SMILES string of the molecule is COc1cccc2[nH]c(C(=O)NC(CC(C)C)C(=O)N[C@H](C#N)Cc3ccccn3)cc12. The van der Waals surface area contributed by atoms with Crippen LogP contribution in [0, 0.1) is 17.2 Å². The normalized spacial score (nSPS) is 12.7. The number of fused-ring (bicyclic) bond motifs is 1. The Balaban J connectivity index is 1.73. The number of carbonyl (C=O) groups excluding carboxylic acids is 2. The Morgan fingerprint density at radius 1 is 1.19 bits per heavy atom. The predicted octanol–water partition coefficient (Wildman–Crippen LogP) is 2.97. The quantitative estimate of drug-likeness (QED) is 0.479. The number of aromatic amines is 1. The summed E-state index contributed by atoms with van der Waals surface area (Å²) in [6.07, 6.45) is 2.36. The molecule has 0 saturated heterocycles. The second-order valence-electron chi connectivity index (χ2n) is 7.98. The van der Waals surface area contributed by atoms with Crippen LogP contribution in [0.5, 0.6) is 5.75 Å². The Bertz CT molecular complexity index is 1120. The van der Waals surface area contributed by atoms with Crippen molar-refractivity contribution in [1.82, 2.24) is 20.6 Å². The molecule has 166 valence electrons. The van der Waals surface area contributed by atoms with Gasteiger partial charge in [-0.05, 0) is 42.7 Å². The highest BCUT2D eigenvalue weighted by atomic mass is 16.5. The summed E-state index contributed by atoms with van der Waals surface area (Å²) in [5.74, 6) is 0.0105. The second-order valence-corrected chi connectivity index (χ2v) is 7.98. The van der Waals surface area contributed by atoms with Crippen molar-refractivity contribution in [2.75, 3.05) is 7.11 Å². The van der Waals surface area contributed by atoms with Crippen molar-refractivity contribution in [2.45, 2.75) is 38.8 Å². The van der Waals surface area contributed by atoms with Crippen LogP contribution in [0.4, 0.5) is 0 Å². The van der Waals surface area contributed by atoms with Gasteiger partial charge in [0.2, 0.25) is 5.91 Å². The summed E-state index contributed by atoms with van der Waals surface area (Å²) in [4.78, 5) is 33.1. The van der Waals surface area contributed by atoms with Gasteiger partial charge in [-0.3, -0.25) is 14.6 Å². The molecule has 0 spiro atoms. The second kappa shape index (κ2) is 10.4. The van der Waals surface area contributed by atoms with E-state index in [1.807, 2.05) is 38.1 Å². The molecule has 2 heterocycles. The van der Waals surface area contributed by atoms with Crippen LogP contribution in [-0.4, -0.2) is 41.0 Å². The number of amides is 2. The number of methoxy groups -OCH3 is 1. The van der Waals surface area contributed by atoms with E-state index >= 15 is 0 Å². The number of nitrogens with one attached hydrogen (secondary N) is 3. The van der Waals surface area contributed by atoms with E-state index in [0.717, 1.165) is 10.9 Å². The van der Waals surface area contributed by atoms with Gasteiger partial charge in [0.15, 0.2) is 0 Å². The number of benzene rings is 1. The summed E-state index contributed by atoms with van der Waals surface area (Å²) < 4.78 is 5.35. The Morgan fingerprint density at radius 3 is 2.66 bits per heavy atom. The number of carbonyl (C=O) groups is 2. The van der Waals surface area contributed by atoms with Crippen molar-refractivity contribution >= 4 is 22.7 Å². The minimum atomic E-state index is -0.782. The Labute approximate surface area is 187 Å². The molecule has 0 aliphatic rings. The molecule has 8 heteroatoms. The van der Waals surface area contributed by atoms with Crippen molar-refractivity contribution in [3.05, 3.63) is 60.0 Å². The molecule has 32 heavy (non-hydrogen) atoms. The summed E-state index contributed by atoms with van der Waals surface area (Å²) in [6.45, 7) is 3.94. The third-order valence-corrected chi connectivity index (χ3v) is 5.03. The maximum absolute atomic E-state index is 13.0. The lowest BCUT2D eigenvalue weighted by molar-refractivity contribution is -0.123. The van der Waals surface area contributed by atoms with Crippen LogP contribution in [0.25, 0.3) is 10.9 Å². The van der Waals surface area contributed by atoms with Gasteiger partial charge in [-0.1, -0.05) is 26.0 Å². The smallest absolute Gasteiger partial charge is 0.268 e. The topological polar surface area (TPSA) is 120 Å². The number of aromatic nitrogens is 2. The van der Waals surface area contributed by atoms with Crippen LogP contribution in [0.3, 0.4) is 0 Å². The molecule has 0 aliphatic heterocycles. The van der Waals surface area contributed by atoms with Crippen LogP contribution >= 0.6 is 0 Å². The van der Waals surface area contributed by atoms with Crippen molar-refractivity contribution in [2.24, 2.45) is 5.92 Å². The van der Waals surface area contributed by atoms with Crippen LogP contribution in [0.15, 0.2) is 48.7 Å². The number of nitrogens with zero attached hydrogens (tertiary/aromatic N) is 2. The van der Waals surface area contributed by atoms with Gasteiger partial charge in [0.1, 0.15) is 23.5 Å². The summed E-state index contributed by atoms with van der Waals surface area (Å²) in [6, 6.07) is 13.2. The summed E-state index contributed by atoms with van der Waals surface area (Å²) in [5.41, 5.74) is 1.80. The molecule has 0 aliphatic carbocycles. The molecule has 3 aromatic rings.